The fourth-order valence-electron chi connectivity index (χ4n) is 3.99. The molecule has 4 aromatic rings. The van der Waals surface area contributed by atoms with Crippen LogP contribution in [-0.2, 0) is 13.0 Å². The molecular weight excluding hydrogens is 514 g/mol. The van der Waals surface area contributed by atoms with E-state index in [0.717, 1.165) is 56.1 Å². The Morgan fingerprint density at radius 3 is 2.62 bits per heavy atom. The van der Waals surface area contributed by atoms with E-state index < -0.39 is 0 Å². The van der Waals surface area contributed by atoms with Crippen LogP contribution in [0, 0.1) is 13.8 Å². The van der Waals surface area contributed by atoms with Gasteiger partial charge in [-0.15, -0.1) is 0 Å². The van der Waals surface area contributed by atoms with Crippen molar-refractivity contribution in [3.63, 3.8) is 0 Å². The van der Waals surface area contributed by atoms with Crippen molar-refractivity contribution >= 4 is 44.5 Å². The van der Waals surface area contributed by atoms with Gasteiger partial charge in [-0.1, -0.05) is 45.7 Å². The lowest BCUT2D eigenvalue weighted by atomic mass is 10.1. The second kappa shape index (κ2) is 11.1. The molecule has 0 saturated carbocycles. The van der Waals surface area contributed by atoms with Crippen molar-refractivity contribution < 1.29 is 9.53 Å². The van der Waals surface area contributed by atoms with Crippen LogP contribution in [0.3, 0.4) is 0 Å². The minimum absolute atomic E-state index is 0.0724. The summed E-state index contributed by atoms with van der Waals surface area (Å²) in [4.78, 5) is 17.2. The van der Waals surface area contributed by atoms with Crippen molar-refractivity contribution in [3.8, 4) is 5.75 Å². The number of halogens is 2. The zero-order chi connectivity index (χ0) is 24.1. The monoisotopic (exact) mass is 539 g/mol. The number of benzene rings is 3. The van der Waals surface area contributed by atoms with Crippen molar-refractivity contribution in [2.75, 3.05) is 13.2 Å². The molecule has 176 valence electrons. The largest absolute Gasteiger partial charge is 0.492 e. The zero-order valence-electron chi connectivity index (χ0n) is 19.3. The standard InChI is InChI=1S/C27H27BrClN3O2/c1-18-15-22(16-19(2)26(18)29)34-14-13-32-24-10-4-3-9-23(24)31-25(32)11-6-12-30-27(33)20-7-5-8-21(28)17-20/h3-5,7-10,15-17H,6,11-14H2,1-2H3,(H,30,33). The molecule has 3 aromatic carbocycles. The van der Waals surface area contributed by atoms with Crippen LogP contribution in [0.4, 0.5) is 0 Å². The van der Waals surface area contributed by atoms with Gasteiger partial charge in [0.1, 0.15) is 18.2 Å². The zero-order valence-corrected chi connectivity index (χ0v) is 21.6. The second-order valence-corrected chi connectivity index (χ2v) is 9.55. The summed E-state index contributed by atoms with van der Waals surface area (Å²) in [7, 11) is 0. The van der Waals surface area contributed by atoms with Crippen molar-refractivity contribution in [2.24, 2.45) is 0 Å². The van der Waals surface area contributed by atoms with Gasteiger partial charge in [0.2, 0.25) is 0 Å². The van der Waals surface area contributed by atoms with Crippen molar-refractivity contribution in [1.82, 2.24) is 14.9 Å². The normalized spacial score (nSPS) is 11.1. The van der Waals surface area contributed by atoms with Gasteiger partial charge in [-0.2, -0.15) is 0 Å². The summed E-state index contributed by atoms with van der Waals surface area (Å²) in [6.45, 7) is 5.75. The van der Waals surface area contributed by atoms with Gasteiger partial charge in [0.05, 0.1) is 17.6 Å². The highest BCUT2D eigenvalue weighted by molar-refractivity contribution is 9.10. The first-order chi connectivity index (χ1) is 16.4. The molecule has 1 aromatic heterocycles. The lowest BCUT2D eigenvalue weighted by molar-refractivity contribution is 0.0953. The molecule has 0 unspecified atom stereocenters. The van der Waals surface area contributed by atoms with Gasteiger partial charge in [0, 0.05) is 28.0 Å². The van der Waals surface area contributed by atoms with Crippen molar-refractivity contribution in [3.05, 3.63) is 92.7 Å². The lowest BCUT2D eigenvalue weighted by Gasteiger charge is -2.13. The number of amides is 1. The maximum Gasteiger partial charge on any atom is 0.251 e. The van der Waals surface area contributed by atoms with E-state index in [0.29, 0.717) is 25.3 Å². The van der Waals surface area contributed by atoms with Crippen LogP contribution in [0.15, 0.2) is 65.1 Å². The Morgan fingerprint density at radius 1 is 1.09 bits per heavy atom. The number of imidazole rings is 1. The number of nitrogens with one attached hydrogen (secondary N) is 1. The van der Waals surface area contributed by atoms with E-state index in [1.54, 1.807) is 0 Å². The number of rotatable bonds is 9. The Labute approximate surface area is 213 Å². The Bertz CT molecular complexity index is 1300. The fourth-order valence-corrected chi connectivity index (χ4v) is 4.50. The molecule has 0 aliphatic carbocycles. The molecule has 0 radical (unpaired) electrons. The number of carbonyl (C=O) groups is 1. The van der Waals surface area contributed by atoms with Gasteiger partial charge in [-0.25, -0.2) is 4.98 Å². The molecule has 4 rings (SSSR count). The number of nitrogens with zero attached hydrogens (tertiary/aromatic N) is 2. The summed E-state index contributed by atoms with van der Waals surface area (Å²) in [6.07, 6.45) is 1.55. The van der Waals surface area contributed by atoms with E-state index in [4.69, 9.17) is 21.3 Å². The number of hydrogen-bond acceptors (Lipinski definition) is 3. The summed E-state index contributed by atoms with van der Waals surface area (Å²) in [6, 6.07) is 19.5. The molecule has 1 N–H and O–H groups in total. The van der Waals surface area contributed by atoms with Gasteiger partial charge < -0.3 is 14.6 Å². The SMILES string of the molecule is Cc1cc(OCCn2c(CCCNC(=O)c3cccc(Br)c3)nc3ccccc32)cc(C)c1Cl. The topological polar surface area (TPSA) is 56.1 Å². The minimum atomic E-state index is -0.0724. The smallest absolute Gasteiger partial charge is 0.251 e. The van der Waals surface area contributed by atoms with E-state index in [1.807, 2.05) is 68.4 Å². The fraction of sp³-hybridized carbons (Fsp3) is 0.259. The molecule has 0 saturated heterocycles. The lowest BCUT2D eigenvalue weighted by Crippen LogP contribution is -2.25. The summed E-state index contributed by atoms with van der Waals surface area (Å²) < 4.78 is 9.15. The average molecular weight is 541 g/mol. The molecule has 0 spiro atoms. The van der Waals surface area contributed by atoms with Crippen LogP contribution in [-0.4, -0.2) is 28.6 Å². The molecular formula is C27H27BrClN3O2. The van der Waals surface area contributed by atoms with E-state index in [-0.39, 0.29) is 5.91 Å². The van der Waals surface area contributed by atoms with E-state index >= 15 is 0 Å². The first kappa shape index (κ1) is 24.3. The van der Waals surface area contributed by atoms with Gasteiger partial charge in [-0.3, -0.25) is 4.79 Å². The summed E-state index contributed by atoms with van der Waals surface area (Å²) in [5.41, 5.74) is 4.72. The molecule has 0 fully saturated rings. The number of aryl methyl sites for hydroxylation is 3. The van der Waals surface area contributed by atoms with Gasteiger partial charge in [0.15, 0.2) is 0 Å². The van der Waals surface area contributed by atoms with Crippen LogP contribution in [0.5, 0.6) is 5.75 Å². The molecule has 1 amide bonds. The molecule has 7 heteroatoms. The Balaban J connectivity index is 1.38. The third-order valence-electron chi connectivity index (χ3n) is 5.68. The van der Waals surface area contributed by atoms with E-state index in [1.165, 1.54) is 0 Å². The molecule has 34 heavy (non-hydrogen) atoms. The molecule has 5 nitrogen and oxygen atoms in total. The highest BCUT2D eigenvalue weighted by Crippen LogP contribution is 2.26. The van der Waals surface area contributed by atoms with Gasteiger partial charge in [0.25, 0.3) is 5.91 Å². The second-order valence-electron chi connectivity index (χ2n) is 8.26. The number of ether oxygens (including phenoxy) is 1. The maximum atomic E-state index is 12.4. The molecule has 1 heterocycles. The van der Waals surface area contributed by atoms with Crippen molar-refractivity contribution in [2.45, 2.75) is 33.2 Å². The Morgan fingerprint density at radius 2 is 1.85 bits per heavy atom. The number of carbonyl (C=O) groups excluding carboxylic acids is 1. The predicted octanol–water partition coefficient (Wildman–Crippen LogP) is 6.51. The van der Waals surface area contributed by atoms with Crippen molar-refractivity contribution in [1.29, 1.82) is 0 Å². The van der Waals surface area contributed by atoms with Gasteiger partial charge >= 0.3 is 0 Å². The highest BCUT2D eigenvalue weighted by atomic mass is 79.9. The molecule has 0 bridgehead atoms. The van der Waals surface area contributed by atoms with Gasteiger partial charge in [-0.05, 0) is 73.9 Å². The summed E-state index contributed by atoms with van der Waals surface area (Å²) >= 11 is 9.68. The van der Waals surface area contributed by atoms with Crippen LogP contribution in [0.1, 0.15) is 33.7 Å². The predicted molar refractivity (Wildman–Crippen MR) is 141 cm³/mol. The summed E-state index contributed by atoms with van der Waals surface area (Å²) in [5.74, 6) is 1.74. The molecule has 0 atom stereocenters. The van der Waals surface area contributed by atoms with Crippen LogP contribution in [0.25, 0.3) is 11.0 Å². The third-order valence-corrected chi connectivity index (χ3v) is 6.77. The Kier molecular flexibility index (Phi) is 7.91. The first-order valence-corrected chi connectivity index (χ1v) is 12.5. The van der Waals surface area contributed by atoms with Crippen LogP contribution in [0.2, 0.25) is 5.02 Å². The highest BCUT2D eigenvalue weighted by Gasteiger charge is 2.12. The number of para-hydroxylation sites is 2. The quantitative estimate of drug-likeness (QED) is 0.246. The van der Waals surface area contributed by atoms with Crippen LogP contribution < -0.4 is 10.1 Å². The number of hydrogen-bond donors (Lipinski definition) is 1. The minimum Gasteiger partial charge on any atom is -0.492 e. The first-order valence-electron chi connectivity index (χ1n) is 11.3. The van der Waals surface area contributed by atoms with E-state index in [9.17, 15) is 4.79 Å². The average Bonchev–Trinajstić information content (AvgIpc) is 3.17. The summed E-state index contributed by atoms with van der Waals surface area (Å²) in [5, 5.41) is 3.78. The van der Waals surface area contributed by atoms with E-state index in [2.05, 4.69) is 31.9 Å². The van der Waals surface area contributed by atoms with Crippen LogP contribution >= 0.6 is 27.5 Å². The molecule has 0 aliphatic rings. The Hall–Kier alpha value is -2.83. The maximum absolute atomic E-state index is 12.4. The molecule has 0 aliphatic heterocycles. The third kappa shape index (κ3) is 5.80. The number of fused-ring (bicyclic) bond motifs is 1. The number of aromatic nitrogens is 2.